The second-order valence-corrected chi connectivity index (χ2v) is 7.83. The number of alkyl halides is 2. The van der Waals surface area contributed by atoms with Crippen LogP contribution in [0.25, 0.3) is 22.7 Å². The normalized spacial score (nSPS) is 10.9. The number of hydrogen-bond acceptors (Lipinski definition) is 6. The van der Waals surface area contributed by atoms with Crippen LogP contribution in [0.5, 0.6) is 0 Å². The second kappa shape index (κ2) is 12.7. The van der Waals surface area contributed by atoms with Crippen molar-refractivity contribution in [1.29, 1.82) is 0 Å². The lowest BCUT2D eigenvalue weighted by atomic mass is 10.0. The van der Waals surface area contributed by atoms with Crippen molar-refractivity contribution in [2.75, 3.05) is 5.32 Å². The molecule has 0 atom stereocenters. The van der Waals surface area contributed by atoms with Gasteiger partial charge < -0.3 is 9.73 Å². The van der Waals surface area contributed by atoms with Gasteiger partial charge in [0.2, 0.25) is 11.8 Å². The Bertz CT molecular complexity index is 1250. The van der Waals surface area contributed by atoms with Crippen LogP contribution in [0, 0.1) is 5.92 Å². The van der Waals surface area contributed by atoms with Crippen molar-refractivity contribution in [1.82, 2.24) is 25.2 Å². The molecular weight excluding hydrogens is 466 g/mol. The Hall–Kier alpha value is -3.95. The molecule has 1 N–H and O–H groups in total. The summed E-state index contributed by atoms with van der Waals surface area (Å²) in [5.74, 6) is -0.656. The summed E-state index contributed by atoms with van der Waals surface area (Å²) in [4.78, 5) is 12.4. The summed E-state index contributed by atoms with van der Waals surface area (Å²) < 4.78 is 31.9. The van der Waals surface area contributed by atoms with E-state index in [1.165, 1.54) is 0 Å². The van der Waals surface area contributed by atoms with E-state index in [9.17, 15) is 13.6 Å². The van der Waals surface area contributed by atoms with E-state index in [1.807, 2.05) is 70.3 Å². The summed E-state index contributed by atoms with van der Waals surface area (Å²) in [5.41, 5.74) is 3.72. The molecule has 0 spiro atoms. The fraction of sp³-hybridized carbons (Fsp3) is 0.346. The summed E-state index contributed by atoms with van der Waals surface area (Å²) >= 11 is 0. The lowest BCUT2D eigenvalue weighted by Gasteiger charge is -2.13. The van der Waals surface area contributed by atoms with Crippen molar-refractivity contribution >= 4 is 11.6 Å². The Labute approximate surface area is 208 Å². The van der Waals surface area contributed by atoms with Gasteiger partial charge in [-0.25, -0.2) is 4.68 Å². The number of nitrogens with zero attached hydrogens (tertiary/aromatic N) is 5. The molecule has 2 aromatic heterocycles. The zero-order valence-electron chi connectivity index (χ0n) is 20.8. The van der Waals surface area contributed by atoms with Gasteiger partial charge in [-0.05, 0) is 42.7 Å². The average molecular weight is 497 g/mol. The predicted octanol–water partition coefficient (Wildman–Crippen LogP) is 6.38. The Kier molecular flexibility index (Phi) is 9.38. The van der Waals surface area contributed by atoms with Crippen molar-refractivity contribution in [3.8, 4) is 22.7 Å². The summed E-state index contributed by atoms with van der Waals surface area (Å²) in [7, 11) is 0. The first-order valence-electron chi connectivity index (χ1n) is 12.0. The molecule has 0 aliphatic rings. The van der Waals surface area contributed by atoms with Crippen LogP contribution in [0.15, 0.2) is 59.1 Å². The molecule has 36 heavy (non-hydrogen) atoms. The minimum atomic E-state index is -2.80. The Morgan fingerprint density at radius 2 is 1.72 bits per heavy atom. The third-order valence-electron chi connectivity index (χ3n) is 5.49. The van der Waals surface area contributed by atoms with Crippen molar-refractivity contribution in [3.63, 3.8) is 0 Å². The van der Waals surface area contributed by atoms with E-state index in [-0.39, 0.29) is 17.7 Å². The lowest BCUT2D eigenvalue weighted by molar-refractivity contribution is -0.120. The highest BCUT2D eigenvalue weighted by Crippen LogP contribution is 2.24. The van der Waals surface area contributed by atoms with Gasteiger partial charge in [0, 0.05) is 22.7 Å². The van der Waals surface area contributed by atoms with E-state index in [2.05, 4.69) is 25.8 Å². The molecule has 0 aliphatic heterocycles. The van der Waals surface area contributed by atoms with E-state index in [1.54, 1.807) is 16.8 Å². The van der Waals surface area contributed by atoms with Gasteiger partial charge in [-0.3, -0.25) is 4.79 Å². The third-order valence-corrected chi connectivity index (χ3v) is 5.49. The van der Waals surface area contributed by atoms with E-state index < -0.39 is 12.3 Å². The van der Waals surface area contributed by atoms with Crippen LogP contribution in [0.2, 0.25) is 0 Å². The smallest absolute Gasteiger partial charge is 0.314 e. The van der Waals surface area contributed by atoms with Crippen LogP contribution in [0.3, 0.4) is 0 Å². The Morgan fingerprint density at radius 1 is 1.00 bits per heavy atom. The number of halogens is 2. The minimum absolute atomic E-state index is 0.0119. The van der Waals surface area contributed by atoms with Crippen LogP contribution in [-0.4, -0.2) is 31.1 Å². The van der Waals surface area contributed by atoms with E-state index in [4.69, 9.17) is 4.42 Å². The predicted molar refractivity (Wildman–Crippen MR) is 133 cm³/mol. The highest BCUT2D eigenvalue weighted by Gasteiger charge is 2.17. The molecule has 4 aromatic rings. The number of hydrogen-bond donors (Lipinski definition) is 1. The van der Waals surface area contributed by atoms with Crippen molar-refractivity contribution in [2.24, 2.45) is 5.92 Å². The maximum absolute atomic E-state index is 12.6. The van der Waals surface area contributed by atoms with Gasteiger partial charge in [0.1, 0.15) is 5.69 Å². The molecule has 0 aliphatic carbocycles. The second-order valence-electron chi connectivity index (χ2n) is 7.83. The molecule has 1 amide bonds. The van der Waals surface area contributed by atoms with Crippen molar-refractivity contribution < 1.29 is 18.0 Å². The van der Waals surface area contributed by atoms with E-state index >= 15 is 0 Å². The first-order chi connectivity index (χ1) is 17.5. The number of aromatic nitrogens is 5. The van der Waals surface area contributed by atoms with Gasteiger partial charge in [-0.2, -0.15) is 8.78 Å². The molecular formula is C26H30F2N6O2. The van der Waals surface area contributed by atoms with Gasteiger partial charge in [0.15, 0.2) is 0 Å². The monoisotopic (exact) mass is 496 g/mol. The molecule has 190 valence electrons. The molecule has 0 radical (unpaired) electrons. The molecule has 0 fully saturated rings. The molecule has 0 saturated heterocycles. The average Bonchev–Trinajstić information content (AvgIpc) is 3.57. The number of rotatable bonds is 9. The molecule has 8 nitrogen and oxygen atoms in total. The number of benzene rings is 2. The minimum Gasteiger partial charge on any atom is -0.415 e. The fourth-order valence-electron chi connectivity index (χ4n) is 3.55. The lowest BCUT2D eigenvalue weighted by Crippen LogP contribution is -2.21. The molecule has 10 heteroatoms. The fourth-order valence-corrected chi connectivity index (χ4v) is 3.55. The highest BCUT2D eigenvalue weighted by molar-refractivity contribution is 5.93. The molecule has 2 heterocycles. The van der Waals surface area contributed by atoms with Crippen molar-refractivity contribution in [3.05, 3.63) is 66.2 Å². The largest absolute Gasteiger partial charge is 0.415 e. The van der Waals surface area contributed by atoms with Gasteiger partial charge in [-0.1, -0.05) is 57.2 Å². The number of amides is 1. The molecule has 0 unspecified atom stereocenters. The van der Waals surface area contributed by atoms with Gasteiger partial charge in [-0.15, -0.1) is 15.3 Å². The molecule has 0 bridgehead atoms. The van der Waals surface area contributed by atoms with Crippen LogP contribution < -0.4 is 5.32 Å². The topological polar surface area (TPSA) is 98.7 Å². The SMILES string of the molecule is CC.CCC(CC)C(=O)Nc1cccc(-c2cn(Cc3ccc(-c4nnc(C(F)F)o4)cc3)nn2)c1. The van der Waals surface area contributed by atoms with Gasteiger partial charge >= 0.3 is 6.43 Å². The Balaban J connectivity index is 0.00000176. The molecule has 4 rings (SSSR count). The number of nitrogens with one attached hydrogen (secondary N) is 1. The Morgan fingerprint density at radius 3 is 2.36 bits per heavy atom. The maximum Gasteiger partial charge on any atom is 0.314 e. The van der Waals surface area contributed by atoms with Crippen LogP contribution >= 0.6 is 0 Å². The quantitative estimate of drug-likeness (QED) is 0.289. The number of carbonyl (C=O) groups excluding carboxylic acids is 1. The molecule has 2 aromatic carbocycles. The van der Waals surface area contributed by atoms with Crippen LogP contribution in [-0.2, 0) is 11.3 Å². The first-order valence-corrected chi connectivity index (χ1v) is 12.0. The van der Waals surface area contributed by atoms with E-state index in [0.717, 1.165) is 29.7 Å². The standard InChI is InChI=1S/C24H24F2N6O2.C2H6/c1-3-16(4-2)22(33)27-19-7-5-6-18(12-19)20-14-32(31-28-20)13-15-8-10-17(11-9-15)23-29-30-24(34-23)21(25)26;1-2/h5-12,14,16,21H,3-4,13H2,1-2H3,(H,27,33);1-2H3. The molecule has 0 saturated carbocycles. The maximum atomic E-state index is 12.6. The van der Waals surface area contributed by atoms with E-state index in [0.29, 0.717) is 17.8 Å². The van der Waals surface area contributed by atoms with Crippen LogP contribution in [0.4, 0.5) is 14.5 Å². The number of anilines is 1. The summed E-state index contributed by atoms with van der Waals surface area (Å²) in [6.45, 7) is 8.47. The first kappa shape index (κ1) is 26.7. The zero-order valence-corrected chi connectivity index (χ0v) is 20.8. The van der Waals surface area contributed by atoms with Gasteiger partial charge in [0.05, 0.1) is 12.7 Å². The van der Waals surface area contributed by atoms with Crippen molar-refractivity contribution in [2.45, 2.75) is 53.5 Å². The summed E-state index contributed by atoms with van der Waals surface area (Å²) in [6, 6.07) is 14.6. The van der Waals surface area contributed by atoms with Crippen LogP contribution in [0.1, 0.15) is 58.4 Å². The number of carbonyl (C=O) groups is 1. The summed E-state index contributed by atoms with van der Waals surface area (Å²) in [5, 5.41) is 18.4. The van der Waals surface area contributed by atoms with Gasteiger partial charge in [0.25, 0.3) is 5.89 Å². The highest BCUT2D eigenvalue weighted by atomic mass is 19.3. The third kappa shape index (κ3) is 6.59. The zero-order chi connectivity index (χ0) is 26.1. The summed E-state index contributed by atoms with van der Waals surface area (Å²) in [6.07, 6.45) is 0.609.